The summed E-state index contributed by atoms with van der Waals surface area (Å²) < 4.78 is 29.9. The van der Waals surface area contributed by atoms with Crippen molar-refractivity contribution in [2.24, 2.45) is 13.0 Å². The Morgan fingerprint density at radius 3 is 2.14 bits per heavy atom. The normalized spacial score (nSPS) is 14.6. The number of aryl methyl sites for hydroxylation is 1. The predicted molar refractivity (Wildman–Crippen MR) is 192 cm³/mol. The minimum absolute atomic E-state index is 0.0674. The number of nitrogens with one attached hydrogen (secondary N) is 4. The van der Waals surface area contributed by atoms with Gasteiger partial charge in [-0.15, -0.1) is 0 Å². The molecule has 0 saturated heterocycles. The molecule has 3 atom stereocenters. The SMILES string of the molecule is CC(NC(=O)c1cc(C(=O)N[C@H](CN[C@@H](C)C(=O)NCC2CC2)Cc2ccccc2)cc(N(C)S(=O)(=O)c2ccccc2)c1)c1cnn(C)c1. The highest BCUT2D eigenvalue weighted by Gasteiger charge is 2.26. The first-order valence-corrected chi connectivity index (χ1v) is 18.2. The molecule has 1 aliphatic carbocycles. The van der Waals surface area contributed by atoms with Gasteiger partial charge >= 0.3 is 0 Å². The first-order chi connectivity index (χ1) is 23.9. The molecule has 1 saturated carbocycles. The van der Waals surface area contributed by atoms with E-state index in [1.165, 1.54) is 37.4 Å². The third kappa shape index (κ3) is 9.57. The summed E-state index contributed by atoms with van der Waals surface area (Å²) in [5, 5.41) is 16.4. The molecular weight excluding hydrogens is 655 g/mol. The smallest absolute Gasteiger partial charge is 0.264 e. The number of carbonyl (C=O) groups is 3. The molecule has 4 aromatic rings. The molecule has 1 heterocycles. The lowest BCUT2D eigenvalue weighted by Gasteiger charge is -2.24. The topological polar surface area (TPSA) is 155 Å². The van der Waals surface area contributed by atoms with Gasteiger partial charge in [0.15, 0.2) is 0 Å². The van der Waals surface area contributed by atoms with Crippen LogP contribution in [-0.2, 0) is 28.3 Å². The fraction of sp³-hybridized carbons (Fsp3) is 0.351. The molecule has 4 N–H and O–H groups in total. The Bertz CT molecular complexity index is 1900. The van der Waals surface area contributed by atoms with E-state index in [-0.39, 0.29) is 34.2 Å². The minimum atomic E-state index is -4.03. The molecule has 0 spiro atoms. The lowest BCUT2D eigenvalue weighted by molar-refractivity contribution is -0.122. The summed E-state index contributed by atoms with van der Waals surface area (Å²) >= 11 is 0. The Labute approximate surface area is 293 Å². The summed E-state index contributed by atoms with van der Waals surface area (Å²) in [4.78, 5) is 40.4. The van der Waals surface area contributed by atoms with E-state index in [9.17, 15) is 22.8 Å². The van der Waals surface area contributed by atoms with Crippen LogP contribution in [0.25, 0.3) is 0 Å². The Kier molecular flexibility index (Phi) is 11.7. The minimum Gasteiger partial charge on any atom is -0.354 e. The van der Waals surface area contributed by atoms with Gasteiger partial charge in [0.2, 0.25) is 5.91 Å². The second kappa shape index (κ2) is 16.1. The number of amides is 3. The summed E-state index contributed by atoms with van der Waals surface area (Å²) in [5.41, 5.74) is 2.12. The molecule has 264 valence electrons. The molecule has 1 unspecified atom stereocenters. The second-order valence-corrected chi connectivity index (χ2v) is 14.8. The van der Waals surface area contributed by atoms with Gasteiger partial charge in [0.25, 0.3) is 21.8 Å². The van der Waals surface area contributed by atoms with Crippen LogP contribution in [-0.4, -0.2) is 68.1 Å². The molecule has 13 heteroatoms. The third-order valence-corrected chi connectivity index (χ3v) is 10.6. The van der Waals surface area contributed by atoms with Crippen molar-refractivity contribution in [2.75, 3.05) is 24.4 Å². The van der Waals surface area contributed by atoms with Crippen molar-refractivity contribution in [3.8, 4) is 0 Å². The van der Waals surface area contributed by atoms with Gasteiger partial charge in [0.1, 0.15) is 0 Å². The standard InChI is InChI=1S/C37H45N7O5S/c1-25(31-22-40-43(3)24-31)41-36(46)29-18-30(20-33(19-29)44(4)50(48,49)34-13-9-6-10-14-34)37(47)42-32(17-27-11-7-5-8-12-27)23-38-26(2)35(45)39-21-28-15-16-28/h5-14,18-20,22,24-26,28,32,38H,15-17,21,23H2,1-4H3,(H,39,45)(H,41,46)(H,42,47)/t25?,26-,32-/m0/s1. The molecule has 0 bridgehead atoms. The van der Waals surface area contributed by atoms with E-state index >= 15 is 0 Å². The van der Waals surface area contributed by atoms with Crippen LogP contribution in [0.4, 0.5) is 5.69 Å². The van der Waals surface area contributed by atoms with Crippen molar-refractivity contribution in [3.05, 3.63) is 114 Å². The van der Waals surface area contributed by atoms with E-state index in [1.807, 2.05) is 37.3 Å². The van der Waals surface area contributed by atoms with Gasteiger partial charge in [-0.1, -0.05) is 48.5 Å². The molecule has 50 heavy (non-hydrogen) atoms. The van der Waals surface area contributed by atoms with Crippen molar-refractivity contribution in [1.82, 2.24) is 31.0 Å². The number of hydrogen-bond donors (Lipinski definition) is 4. The van der Waals surface area contributed by atoms with Gasteiger partial charge in [-0.2, -0.15) is 5.10 Å². The van der Waals surface area contributed by atoms with E-state index < -0.39 is 40.0 Å². The highest BCUT2D eigenvalue weighted by atomic mass is 32.2. The Balaban J connectivity index is 1.41. The number of rotatable bonds is 16. The van der Waals surface area contributed by atoms with Gasteiger partial charge in [0.05, 0.1) is 28.9 Å². The molecule has 1 aromatic heterocycles. The van der Waals surface area contributed by atoms with Crippen molar-refractivity contribution >= 4 is 33.4 Å². The average Bonchev–Trinajstić information content (AvgIpc) is 3.86. The average molecular weight is 700 g/mol. The number of nitrogens with zero attached hydrogens (tertiary/aromatic N) is 3. The lowest BCUT2D eigenvalue weighted by Crippen LogP contribution is -2.49. The number of hydrogen-bond acceptors (Lipinski definition) is 7. The van der Waals surface area contributed by atoms with Crippen molar-refractivity contribution in [1.29, 1.82) is 0 Å². The fourth-order valence-electron chi connectivity index (χ4n) is 5.44. The zero-order chi connectivity index (χ0) is 35.8. The second-order valence-electron chi connectivity index (χ2n) is 12.9. The summed E-state index contributed by atoms with van der Waals surface area (Å²) in [7, 11) is -0.861. The van der Waals surface area contributed by atoms with E-state index in [4.69, 9.17) is 0 Å². The number of anilines is 1. The number of benzene rings is 3. The third-order valence-electron chi connectivity index (χ3n) is 8.77. The molecular formula is C37H45N7O5S. The van der Waals surface area contributed by atoms with Gasteiger partial charge in [-0.05, 0) is 74.9 Å². The maximum atomic E-state index is 14.0. The molecule has 12 nitrogen and oxygen atoms in total. The van der Waals surface area contributed by atoms with Crippen LogP contribution in [0.2, 0.25) is 0 Å². The fourth-order valence-corrected chi connectivity index (χ4v) is 6.65. The maximum absolute atomic E-state index is 14.0. The maximum Gasteiger partial charge on any atom is 0.264 e. The zero-order valence-corrected chi connectivity index (χ0v) is 29.6. The molecule has 5 rings (SSSR count). The lowest BCUT2D eigenvalue weighted by atomic mass is 10.0. The quantitative estimate of drug-likeness (QED) is 0.139. The highest BCUT2D eigenvalue weighted by Crippen LogP contribution is 2.28. The summed E-state index contributed by atoms with van der Waals surface area (Å²) in [6, 6.07) is 20.6. The number of carbonyl (C=O) groups excluding carboxylic acids is 3. The Hall–Kier alpha value is -5.01. The monoisotopic (exact) mass is 699 g/mol. The molecule has 0 radical (unpaired) electrons. The van der Waals surface area contributed by atoms with E-state index in [0.29, 0.717) is 18.9 Å². The van der Waals surface area contributed by atoms with E-state index in [0.717, 1.165) is 28.3 Å². The van der Waals surface area contributed by atoms with Crippen molar-refractivity contribution < 1.29 is 22.8 Å². The molecule has 3 amide bonds. The molecule has 1 aliphatic rings. The van der Waals surface area contributed by atoms with Crippen LogP contribution in [0.15, 0.2) is 96.2 Å². The van der Waals surface area contributed by atoms with Crippen LogP contribution in [0.3, 0.4) is 0 Å². The predicted octanol–water partition coefficient (Wildman–Crippen LogP) is 3.58. The van der Waals surface area contributed by atoms with Crippen LogP contribution in [0.5, 0.6) is 0 Å². The van der Waals surface area contributed by atoms with E-state index in [2.05, 4.69) is 26.4 Å². The van der Waals surface area contributed by atoms with Crippen LogP contribution < -0.4 is 25.6 Å². The molecule has 3 aromatic carbocycles. The molecule has 1 fully saturated rings. The summed E-state index contributed by atoms with van der Waals surface area (Å²) in [5.74, 6) is -0.538. The Morgan fingerprint density at radius 2 is 1.54 bits per heavy atom. The van der Waals surface area contributed by atoms with Crippen molar-refractivity contribution in [3.63, 3.8) is 0 Å². The van der Waals surface area contributed by atoms with Gasteiger partial charge in [-0.25, -0.2) is 8.42 Å². The summed E-state index contributed by atoms with van der Waals surface area (Å²) in [6.07, 6.45) is 6.18. The highest BCUT2D eigenvalue weighted by molar-refractivity contribution is 7.92. The number of sulfonamides is 1. The van der Waals surface area contributed by atoms with Gasteiger partial charge < -0.3 is 21.3 Å². The Morgan fingerprint density at radius 1 is 0.920 bits per heavy atom. The van der Waals surface area contributed by atoms with E-state index in [1.54, 1.807) is 49.2 Å². The van der Waals surface area contributed by atoms with Crippen molar-refractivity contribution in [2.45, 2.75) is 56.1 Å². The first kappa shape index (κ1) is 36.3. The van der Waals surface area contributed by atoms with Gasteiger partial charge in [0, 0.05) is 56.1 Å². The van der Waals surface area contributed by atoms with Gasteiger partial charge in [-0.3, -0.25) is 23.4 Å². The van der Waals surface area contributed by atoms with Crippen LogP contribution in [0.1, 0.15) is 64.6 Å². The first-order valence-electron chi connectivity index (χ1n) is 16.7. The van der Waals surface area contributed by atoms with Crippen LogP contribution >= 0.6 is 0 Å². The van der Waals surface area contributed by atoms with Crippen LogP contribution in [0, 0.1) is 5.92 Å². The number of aromatic nitrogens is 2. The summed E-state index contributed by atoms with van der Waals surface area (Å²) in [6.45, 7) is 4.55. The zero-order valence-electron chi connectivity index (χ0n) is 28.8. The molecule has 0 aliphatic heterocycles. The largest absolute Gasteiger partial charge is 0.354 e.